The number of nitrogens with one attached hydrogen (secondary N) is 2. The first-order valence-electron chi connectivity index (χ1n) is 6.87. The van der Waals surface area contributed by atoms with Gasteiger partial charge in [-0.25, -0.2) is 0 Å². The quantitative estimate of drug-likeness (QED) is 0.850. The van der Waals surface area contributed by atoms with Crippen molar-refractivity contribution < 1.29 is 14.3 Å². The molecule has 2 aromatic carbocycles. The Bertz CT molecular complexity index is 656. The number of amides is 2. The summed E-state index contributed by atoms with van der Waals surface area (Å²) in [5.74, 6) is -0.801. The first-order chi connectivity index (χ1) is 10.6. The van der Waals surface area contributed by atoms with Gasteiger partial charge in [-0.1, -0.05) is 48.5 Å². The number of ether oxygens (including phenoxy) is 1. The summed E-state index contributed by atoms with van der Waals surface area (Å²) in [5, 5.41) is 0. The SMILES string of the molecule is CO[C@H](C(=O)NNC(=O)c1ccccc1C)c1ccccc1. The van der Waals surface area contributed by atoms with Gasteiger partial charge in [0.25, 0.3) is 11.8 Å². The van der Waals surface area contributed by atoms with Gasteiger partial charge < -0.3 is 4.74 Å². The molecule has 22 heavy (non-hydrogen) atoms. The zero-order valence-corrected chi connectivity index (χ0v) is 12.5. The van der Waals surface area contributed by atoms with E-state index in [4.69, 9.17) is 4.74 Å². The van der Waals surface area contributed by atoms with Crippen LogP contribution >= 0.6 is 0 Å². The van der Waals surface area contributed by atoms with Crippen molar-refractivity contribution in [2.75, 3.05) is 7.11 Å². The maximum Gasteiger partial charge on any atom is 0.272 e. The molecule has 5 heteroatoms. The van der Waals surface area contributed by atoms with E-state index >= 15 is 0 Å². The zero-order valence-electron chi connectivity index (χ0n) is 12.5. The topological polar surface area (TPSA) is 67.4 Å². The van der Waals surface area contributed by atoms with Crippen LogP contribution in [0.2, 0.25) is 0 Å². The average molecular weight is 298 g/mol. The van der Waals surface area contributed by atoms with Gasteiger partial charge in [-0.05, 0) is 24.1 Å². The van der Waals surface area contributed by atoms with Crippen molar-refractivity contribution in [1.29, 1.82) is 0 Å². The van der Waals surface area contributed by atoms with Gasteiger partial charge in [0, 0.05) is 12.7 Å². The second-order valence-corrected chi connectivity index (χ2v) is 4.78. The molecule has 0 heterocycles. The predicted molar refractivity (Wildman–Crippen MR) is 83.0 cm³/mol. The average Bonchev–Trinajstić information content (AvgIpc) is 2.55. The molecule has 0 spiro atoms. The molecular formula is C17H18N2O3. The molecule has 0 aliphatic rings. The molecule has 0 aromatic heterocycles. The molecule has 2 amide bonds. The Morgan fingerprint density at radius 3 is 2.23 bits per heavy atom. The molecule has 5 nitrogen and oxygen atoms in total. The molecule has 1 atom stereocenters. The van der Waals surface area contributed by atoms with E-state index in [2.05, 4.69) is 10.9 Å². The second kappa shape index (κ2) is 7.38. The highest BCUT2D eigenvalue weighted by Gasteiger charge is 2.20. The van der Waals surface area contributed by atoms with Crippen molar-refractivity contribution in [3.8, 4) is 0 Å². The number of methoxy groups -OCH3 is 1. The number of carbonyl (C=O) groups excluding carboxylic acids is 2. The third kappa shape index (κ3) is 3.71. The fourth-order valence-electron chi connectivity index (χ4n) is 2.10. The number of hydrazine groups is 1. The van der Waals surface area contributed by atoms with Crippen LogP contribution in [0.5, 0.6) is 0 Å². The molecule has 0 aliphatic carbocycles. The van der Waals surface area contributed by atoms with Gasteiger partial charge in [0.05, 0.1) is 0 Å². The molecule has 2 aromatic rings. The minimum absolute atomic E-state index is 0.366. The van der Waals surface area contributed by atoms with Gasteiger partial charge in [-0.15, -0.1) is 0 Å². The highest BCUT2D eigenvalue weighted by atomic mass is 16.5. The van der Waals surface area contributed by atoms with Crippen molar-refractivity contribution in [2.24, 2.45) is 0 Å². The molecule has 0 unspecified atom stereocenters. The number of benzene rings is 2. The van der Waals surface area contributed by atoms with Crippen LogP contribution < -0.4 is 10.9 Å². The molecule has 0 bridgehead atoms. The monoisotopic (exact) mass is 298 g/mol. The fraction of sp³-hybridized carbons (Fsp3) is 0.176. The maximum atomic E-state index is 12.1. The Labute approximate surface area is 129 Å². The zero-order chi connectivity index (χ0) is 15.9. The van der Waals surface area contributed by atoms with E-state index in [0.717, 1.165) is 5.56 Å². The van der Waals surface area contributed by atoms with Crippen LogP contribution in [-0.2, 0) is 9.53 Å². The number of aryl methyl sites for hydroxylation is 1. The Morgan fingerprint density at radius 1 is 0.955 bits per heavy atom. The minimum Gasteiger partial charge on any atom is -0.367 e. The summed E-state index contributed by atoms with van der Waals surface area (Å²) in [6.45, 7) is 1.83. The molecule has 2 rings (SSSR count). The molecule has 0 fully saturated rings. The van der Waals surface area contributed by atoms with E-state index < -0.39 is 12.0 Å². The standard InChI is InChI=1S/C17H18N2O3/c1-12-8-6-7-11-14(12)16(20)18-19-17(21)15(22-2)13-9-4-3-5-10-13/h3-11,15H,1-2H3,(H,18,20)(H,19,21)/t15-/m0/s1. The van der Waals surface area contributed by atoms with Crippen molar-refractivity contribution >= 4 is 11.8 Å². The lowest BCUT2D eigenvalue weighted by Crippen LogP contribution is -2.44. The molecule has 114 valence electrons. The van der Waals surface area contributed by atoms with Gasteiger partial charge in [0.2, 0.25) is 0 Å². The Balaban J connectivity index is 2.00. The first-order valence-corrected chi connectivity index (χ1v) is 6.87. The van der Waals surface area contributed by atoms with E-state index in [-0.39, 0.29) is 5.91 Å². The van der Waals surface area contributed by atoms with E-state index in [9.17, 15) is 9.59 Å². The normalized spacial score (nSPS) is 11.5. The van der Waals surface area contributed by atoms with Crippen LogP contribution in [0.4, 0.5) is 0 Å². The smallest absolute Gasteiger partial charge is 0.272 e. The van der Waals surface area contributed by atoms with Crippen LogP contribution in [0.25, 0.3) is 0 Å². The van der Waals surface area contributed by atoms with E-state index in [1.807, 2.05) is 37.3 Å². The predicted octanol–water partition coefficient (Wildman–Crippen LogP) is 2.14. The summed E-state index contributed by atoms with van der Waals surface area (Å²) in [5.41, 5.74) is 6.86. The van der Waals surface area contributed by atoms with Gasteiger partial charge in [0.1, 0.15) is 0 Å². The molecule has 0 aliphatic heterocycles. The number of hydrogen-bond acceptors (Lipinski definition) is 3. The highest BCUT2D eigenvalue weighted by molar-refractivity contribution is 5.97. The molecule has 2 N–H and O–H groups in total. The van der Waals surface area contributed by atoms with Crippen LogP contribution in [0, 0.1) is 6.92 Å². The van der Waals surface area contributed by atoms with Crippen LogP contribution in [0.3, 0.4) is 0 Å². The van der Waals surface area contributed by atoms with Crippen molar-refractivity contribution in [3.05, 3.63) is 71.3 Å². The summed E-state index contributed by atoms with van der Waals surface area (Å²) in [7, 11) is 1.44. The van der Waals surface area contributed by atoms with Gasteiger partial charge in [-0.3, -0.25) is 20.4 Å². The largest absolute Gasteiger partial charge is 0.367 e. The van der Waals surface area contributed by atoms with E-state index in [1.54, 1.807) is 24.3 Å². The third-order valence-corrected chi connectivity index (χ3v) is 3.27. The van der Waals surface area contributed by atoms with Crippen LogP contribution in [0.1, 0.15) is 27.6 Å². The summed E-state index contributed by atoms with van der Waals surface area (Å²) >= 11 is 0. The Kier molecular flexibility index (Phi) is 5.27. The van der Waals surface area contributed by atoms with Gasteiger partial charge in [0.15, 0.2) is 6.10 Å². The maximum absolute atomic E-state index is 12.1. The Morgan fingerprint density at radius 2 is 1.59 bits per heavy atom. The summed E-state index contributed by atoms with van der Waals surface area (Å²) in [6.07, 6.45) is -0.779. The molecule has 0 radical (unpaired) electrons. The Hall–Kier alpha value is -2.66. The van der Waals surface area contributed by atoms with Crippen molar-refractivity contribution in [2.45, 2.75) is 13.0 Å². The van der Waals surface area contributed by atoms with Crippen LogP contribution in [0.15, 0.2) is 54.6 Å². The van der Waals surface area contributed by atoms with E-state index in [1.165, 1.54) is 7.11 Å². The summed E-state index contributed by atoms with van der Waals surface area (Å²) < 4.78 is 5.20. The lowest BCUT2D eigenvalue weighted by atomic mass is 10.1. The van der Waals surface area contributed by atoms with Gasteiger partial charge >= 0.3 is 0 Å². The molecule has 0 saturated heterocycles. The molecular weight excluding hydrogens is 280 g/mol. The van der Waals surface area contributed by atoms with Gasteiger partial charge in [-0.2, -0.15) is 0 Å². The third-order valence-electron chi connectivity index (χ3n) is 3.27. The lowest BCUT2D eigenvalue weighted by Gasteiger charge is -2.16. The first kappa shape index (κ1) is 15.7. The van der Waals surface area contributed by atoms with Crippen molar-refractivity contribution in [3.63, 3.8) is 0 Å². The second-order valence-electron chi connectivity index (χ2n) is 4.78. The number of carbonyl (C=O) groups is 2. The van der Waals surface area contributed by atoms with Crippen molar-refractivity contribution in [1.82, 2.24) is 10.9 Å². The lowest BCUT2D eigenvalue weighted by molar-refractivity contribution is -0.132. The molecule has 0 saturated carbocycles. The van der Waals surface area contributed by atoms with E-state index in [0.29, 0.717) is 11.1 Å². The highest BCUT2D eigenvalue weighted by Crippen LogP contribution is 2.15. The van der Waals surface area contributed by atoms with Crippen LogP contribution in [-0.4, -0.2) is 18.9 Å². The minimum atomic E-state index is -0.779. The number of hydrogen-bond donors (Lipinski definition) is 2. The summed E-state index contributed by atoms with van der Waals surface area (Å²) in [6, 6.07) is 16.2. The summed E-state index contributed by atoms with van der Waals surface area (Å²) in [4.78, 5) is 24.2. The number of rotatable bonds is 4. The fourth-order valence-corrected chi connectivity index (χ4v) is 2.10.